The molecule has 0 aromatic heterocycles. The maximum atomic E-state index is 12.9. The molecular weight excluding hydrogens is 299 g/mol. The van der Waals surface area contributed by atoms with Gasteiger partial charge >= 0.3 is 0 Å². The number of ether oxygens (including phenoxy) is 2. The molecule has 2 aromatic carbocycles. The summed E-state index contributed by atoms with van der Waals surface area (Å²) in [5, 5.41) is 0. The van der Waals surface area contributed by atoms with E-state index in [1.165, 1.54) is 25.3 Å². The smallest absolute Gasteiger partial charge is 0.257 e. The summed E-state index contributed by atoms with van der Waals surface area (Å²) in [6.07, 6.45) is 2.92. The summed E-state index contributed by atoms with van der Waals surface area (Å²) in [6.45, 7) is 0.293. The van der Waals surface area contributed by atoms with Gasteiger partial charge < -0.3 is 9.47 Å². The Balaban J connectivity index is 2.08. The highest BCUT2D eigenvalue weighted by Crippen LogP contribution is 2.29. The van der Waals surface area contributed by atoms with Gasteiger partial charge in [0, 0.05) is 6.08 Å². The Morgan fingerprint density at radius 1 is 1.22 bits per heavy atom. The van der Waals surface area contributed by atoms with E-state index < -0.39 is 5.91 Å². The second kappa shape index (κ2) is 7.95. The summed E-state index contributed by atoms with van der Waals surface area (Å²) < 4.78 is 23.8. The number of amides is 1. The van der Waals surface area contributed by atoms with Gasteiger partial charge in [0.05, 0.1) is 7.11 Å². The molecule has 0 saturated carbocycles. The number of rotatable bonds is 6. The minimum absolute atomic E-state index is 0.288. The van der Waals surface area contributed by atoms with Gasteiger partial charge in [0.25, 0.3) is 5.91 Å². The van der Waals surface area contributed by atoms with Crippen molar-refractivity contribution in [2.75, 3.05) is 7.11 Å². The van der Waals surface area contributed by atoms with E-state index >= 15 is 0 Å². The van der Waals surface area contributed by atoms with E-state index in [2.05, 4.69) is 0 Å². The molecule has 0 heterocycles. The lowest BCUT2D eigenvalue weighted by molar-refractivity contribution is -0.116. The van der Waals surface area contributed by atoms with Crippen molar-refractivity contribution in [1.82, 2.24) is 5.43 Å². The minimum Gasteiger partial charge on any atom is -0.493 e. The second-order valence-corrected chi connectivity index (χ2v) is 4.67. The van der Waals surface area contributed by atoms with E-state index in [-0.39, 0.29) is 5.82 Å². The highest BCUT2D eigenvalue weighted by Gasteiger charge is 2.06. The van der Waals surface area contributed by atoms with Gasteiger partial charge in [-0.2, -0.15) is 0 Å². The zero-order chi connectivity index (χ0) is 16.7. The number of hydrogen-bond acceptors (Lipinski definition) is 4. The molecule has 0 atom stereocenters. The molecule has 0 aliphatic heterocycles. The minimum atomic E-state index is -0.402. The van der Waals surface area contributed by atoms with E-state index in [1.54, 1.807) is 36.4 Å². The van der Waals surface area contributed by atoms with Gasteiger partial charge in [-0.1, -0.05) is 18.2 Å². The lowest BCUT2D eigenvalue weighted by atomic mass is 10.2. The molecule has 2 rings (SSSR count). The fraction of sp³-hybridized carbons (Fsp3) is 0.118. The highest BCUT2D eigenvalue weighted by atomic mass is 19.1. The van der Waals surface area contributed by atoms with Crippen LogP contribution in [0.1, 0.15) is 11.1 Å². The summed E-state index contributed by atoms with van der Waals surface area (Å²) in [7, 11) is 1.53. The summed E-state index contributed by atoms with van der Waals surface area (Å²) in [6, 6.07) is 11.3. The molecule has 1 amide bonds. The third-order valence-corrected chi connectivity index (χ3v) is 3.06. The van der Waals surface area contributed by atoms with Gasteiger partial charge in [-0.3, -0.25) is 10.2 Å². The van der Waals surface area contributed by atoms with Crippen LogP contribution in [-0.2, 0) is 11.4 Å². The molecule has 6 heteroatoms. The second-order valence-electron chi connectivity index (χ2n) is 4.67. The van der Waals surface area contributed by atoms with Crippen LogP contribution in [0.15, 0.2) is 48.5 Å². The molecule has 0 bridgehead atoms. The molecule has 2 aromatic rings. The van der Waals surface area contributed by atoms with Crippen LogP contribution >= 0.6 is 0 Å². The predicted molar refractivity (Wildman–Crippen MR) is 85.1 cm³/mol. The molecule has 0 fully saturated rings. The van der Waals surface area contributed by atoms with Crippen molar-refractivity contribution in [2.45, 2.75) is 6.61 Å². The van der Waals surface area contributed by atoms with Crippen molar-refractivity contribution in [1.29, 1.82) is 0 Å². The van der Waals surface area contributed by atoms with Gasteiger partial charge in [0.15, 0.2) is 11.5 Å². The number of nitrogens with one attached hydrogen (secondary N) is 1. The molecule has 5 nitrogen and oxygen atoms in total. The number of hydrazine groups is 1. The van der Waals surface area contributed by atoms with E-state index in [1.807, 2.05) is 5.43 Å². The van der Waals surface area contributed by atoms with Crippen molar-refractivity contribution in [3.63, 3.8) is 0 Å². The summed E-state index contributed by atoms with van der Waals surface area (Å²) in [5.74, 6) is 5.39. The zero-order valence-electron chi connectivity index (χ0n) is 12.6. The van der Waals surface area contributed by atoms with Crippen LogP contribution in [0.4, 0.5) is 4.39 Å². The van der Waals surface area contributed by atoms with Crippen LogP contribution in [0.3, 0.4) is 0 Å². The number of nitrogens with two attached hydrogens (primary N) is 1. The quantitative estimate of drug-likeness (QED) is 0.371. The molecule has 0 radical (unpaired) electrons. The Labute approximate surface area is 133 Å². The number of carbonyl (C=O) groups excluding carboxylic acids is 1. The number of benzene rings is 2. The third kappa shape index (κ3) is 4.82. The highest BCUT2D eigenvalue weighted by molar-refractivity contribution is 5.91. The van der Waals surface area contributed by atoms with Crippen molar-refractivity contribution in [2.24, 2.45) is 5.84 Å². The maximum Gasteiger partial charge on any atom is 0.257 e. The summed E-state index contributed by atoms with van der Waals surface area (Å²) in [5.41, 5.74) is 3.62. The number of methoxy groups -OCH3 is 1. The van der Waals surface area contributed by atoms with Gasteiger partial charge in [-0.25, -0.2) is 10.2 Å². The standard InChI is InChI=1S/C17H17FN2O3/c1-22-16-10-12(5-9-17(21)20-19)4-8-15(16)23-11-13-2-6-14(18)7-3-13/h2-10H,11,19H2,1H3,(H,20,21)/b9-5+. The Morgan fingerprint density at radius 3 is 2.61 bits per heavy atom. The van der Waals surface area contributed by atoms with Gasteiger partial charge in [0.1, 0.15) is 12.4 Å². The van der Waals surface area contributed by atoms with Gasteiger partial charge in [0.2, 0.25) is 0 Å². The predicted octanol–water partition coefficient (Wildman–Crippen LogP) is 2.42. The van der Waals surface area contributed by atoms with E-state index in [9.17, 15) is 9.18 Å². The largest absolute Gasteiger partial charge is 0.493 e. The molecule has 0 spiro atoms. The fourth-order valence-electron chi connectivity index (χ4n) is 1.87. The first-order valence-corrected chi connectivity index (χ1v) is 6.86. The van der Waals surface area contributed by atoms with Crippen molar-refractivity contribution < 1.29 is 18.7 Å². The Kier molecular flexibility index (Phi) is 5.71. The monoisotopic (exact) mass is 316 g/mol. The van der Waals surface area contributed by atoms with Crippen LogP contribution < -0.4 is 20.7 Å². The Morgan fingerprint density at radius 2 is 1.96 bits per heavy atom. The summed E-state index contributed by atoms with van der Waals surface area (Å²) >= 11 is 0. The van der Waals surface area contributed by atoms with Crippen molar-refractivity contribution >= 4 is 12.0 Å². The average molecular weight is 316 g/mol. The topological polar surface area (TPSA) is 73.6 Å². The van der Waals surface area contributed by atoms with Crippen LogP contribution in [0, 0.1) is 5.82 Å². The van der Waals surface area contributed by atoms with Crippen LogP contribution in [-0.4, -0.2) is 13.0 Å². The number of carbonyl (C=O) groups is 1. The molecule has 0 aliphatic rings. The molecule has 0 saturated heterocycles. The Bertz CT molecular complexity index is 699. The van der Waals surface area contributed by atoms with Crippen LogP contribution in [0.25, 0.3) is 6.08 Å². The van der Waals surface area contributed by atoms with Gasteiger partial charge in [-0.05, 0) is 41.5 Å². The van der Waals surface area contributed by atoms with Crippen molar-refractivity contribution in [3.05, 3.63) is 65.5 Å². The molecule has 23 heavy (non-hydrogen) atoms. The molecule has 0 unspecified atom stereocenters. The third-order valence-electron chi connectivity index (χ3n) is 3.06. The SMILES string of the molecule is COc1cc(/C=C/C(=O)NN)ccc1OCc1ccc(F)cc1. The first-order valence-electron chi connectivity index (χ1n) is 6.86. The lowest BCUT2D eigenvalue weighted by Gasteiger charge is -2.11. The maximum absolute atomic E-state index is 12.9. The van der Waals surface area contributed by atoms with Crippen molar-refractivity contribution in [3.8, 4) is 11.5 Å². The molecular formula is C17H17FN2O3. The summed E-state index contributed by atoms with van der Waals surface area (Å²) in [4.78, 5) is 11.1. The molecule has 0 aliphatic carbocycles. The number of halogens is 1. The molecule has 120 valence electrons. The number of hydrogen-bond donors (Lipinski definition) is 2. The van der Waals surface area contributed by atoms with Crippen LogP contribution in [0.5, 0.6) is 11.5 Å². The zero-order valence-corrected chi connectivity index (χ0v) is 12.6. The van der Waals surface area contributed by atoms with Crippen LogP contribution in [0.2, 0.25) is 0 Å². The Hall–Kier alpha value is -2.86. The normalized spacial score (nSPS) is 10.6. The van der Waals surface area contributed by atoms with E-state index in [0.29, 0.717) is 18.1 Å². The molecule has 3 N–H and O–H groups in total. The average Bonchev–Trinajstić information content (AvgIpc) is 2.59. The van der Waals surface area contributed by atoms with Gasteiger partial charge in [-0.15, -0.1) is 0 Å². The lowest BCUT2D eigenvalue weighted by Crippen LogP contribution is -2.27. The fourth-order valence-corrected chi connectivity index (χ4v) is 1.87. The van der Waals surface area contributed by atoms with E-state index in [0.717, 1.165) is 11.1 Å². The first-order chi connectivity index (χ1) is 11.1. The first kappa shape index (κ1) is 16.5. The van der Waals surface area contributed by atoms with E-state index in [4.69, 9.17) is 15.3 Å².